The lowest BCUT2D eigenvalue weighted by Gasteiger charge is -2.36. The molecule has 1 N–H and O–H groups in total. The van der Waals surface area contributed by atoms with E-state index in [-0.39, 0.29) is 55.9 Å². The molecule has 292 valence electrons. The van der Waals surface area contributed by atoms with Crippen LogP contribution in [0.25, 0.3) is 10.9 Å². The maximum atomic E-state index is 14.8. The van der Waals surface area contributed by atoms with Gasteiger partial charge in [0.1, 0.15) is 11.4 Å². The van der Waals surface area contributed by atoms with Gasteiger partial charge < -0.3 is 14.4 Å². The number of amides is 2. The number of nitrogens with one attached hydrogen (secondary N) is 1. The van der Waals surface area contributed by atoms with Crippen molar-refractivity contribution >= 4 is 56.1 Å². The molecule has 2 saturated carbocycles. The molecule has 1 unspecified atom stereocenters. The minimum absolute atomic E-state index is 0.0951. The molecule has 5 atom stereocenters. The van der Waals surface area contributed by atoms with Gasteiger partial charge in [-0.3, -0.25) is 23.9 Å². The highest BCUT2D eigenvalue weighted by Crippen LogP contribution is 2.58. The molecule has 4 heterocycles. The van der Waals surface area contributed by atoms with Gasteiger partial charge in [0.2, 0.25) is 21.8 Å². The Bertz CT molecular complexity index is 2010. The van der Waals surface area contributed by atoms with E-state index >= 15 is 0 Å². The zero-order valence-corrected chi connectivity index (χ0v) is 33.3. The van der Waals surface area contributed by atoms with Crippen LogP contribution in [0.2, 0.25) is 5.02 Å². The number of ketones is 1. The summed E-state index contributed by atoms with van der Waals surface area (Å²) in [5, 5.41) is 1.52. The summed E-state index contributed by atoms with van der Waals surface area (Å²) in [6.07, 6.45) is 9.94. The highest BCUT2D eigenvalue weighted by Gasteiger charge is 2.63. The maximum Gasteiger partial charge on any atom is 0.306 e. The number of allylic oxidation sites excluding steroid dienone is 2. The second-order valence-corrected chi connectivity index (χ2v) is 19.8. The fraction of sp³-hybridized carbons (Fsp3) is 0.634. The normalized spacial score (nSPS) is 30.0. The summed E-state index contributed by atoms with van der Waals surface area (Å²) in [5.74, 6) is -1.93. The lowest BCUT2D eigenvalue weighted by atomic mass is 9.85. The molecule has 7 rings (SSSR count). The molecule has 1 saturated heterocycles. The molecule has 2 aliphatic carbocycles. The van der Waals surface area contributed by atoms with Gasteiger partial charge in [-0.25, -0.2) is 13.4 Å². The Balaban J connectivity index is 1.22. The summed E-state index contributed by atoms with van der Waals surface area (Å²) in [6.45, 7) is 7.79. The summed E-state index contributed by atoms with van der Waals surface area (Å²) in [4.78, 5) is 62.9. The van der Waals surface area contributed by atoms with Crippen molar-refractivity contribution in [1.29, 1.82) is 0 Å². The molecular weight excluding hydrogens is 730 g/mol. The lowest BCUT2D eigenvalue weighted by Crippen LogP contribution is -2.48. The quantitative estimate of drug-likeness (QED) is 0.244. The van der Waals surface area contributed by atoms with Crippen LogP contribution < -0.4 is 9.46 Å². The van der Waals surface area contributed by atoms with E-state index in [1.54, 1.807) is 11.8 Å². The molecule has 0 radical (unpaired) electrons. The molecule has 54 heavy (non-hydrogen) atoms. The number of esters is 1. The zero-order chi connectivity index (χ0) is 38.6. The highest BCUT2D eigenvalue weighted by atomic mass is 35.5. The first kappa shape index (κ1) is 38.8. The van der Waals surface area contributed by atoms with Crippen molar-refractivity contribution in [2.24, 2.45) is 23.2 Å². The monoisotopic (exact) mass is 781 g/mol. The third-order valence-electron chi connectivity index (χ3n) is 12.4. The molecule has 13 heteroatoms. The van der Waals surface area contributed by atoms with E-state index in [2.05, 4.69) is 4.72 Å². The van der Waals surface area contributed by atoms with Crippen LogP contribution in [0.3, 0.4) is 0 Å². The van der Waals surface area contributed by atoms with Crippen molar-refractivity contribution in [1.82, 2.24) is 14.6 Å². The maximum absolute atomic E-state index is 14.8. The minimum Gasteiger partial charge on any atom is -0.483 e. The van der Waals surface area contributed by atoms with Gasteiger partial charge in [-0.2, -0.15) is 0 Å². The van der Waals surface area contributed by atoms with Gasteiger partial charge in [-0.05, 0) is 89.2 Å². The SMILES string of the molecule is Cc1nc2cc(Cl)ccc2c2c1O[C@]1(CC2)C[C@H]2C(=O)CC3(C(=O)NS(=O)(=O)C4(C)CC4)C[C@H]3/C=C\CCCCC[C@H](CC(=O)OCC(C)C)C(=O)N2C1. The van der Waals surface area contributed by atoms with E-state index in [4.69, 9.17) is 26.1 Å². The van der Waals surface area contributed by atoms with Crippen molar-refractivity contribution in [3.8, 4) is 5.75 Å². The van der Waals surface area contributed by atoms with Crippen molar-refractivity contribution in [3.63, 3.8) is 0 Å². The number of nitrogens with zero attached hydrogens (tertiary/aromatic N) is 2. The molecule has 1 aromatic carbocycles. The number of pyridine rings is 1. The van der Waals surface area contributed by atoms with E-state index in [1.165, 1.54) is 0 Å². The Kier molecular flexibility index (Phi) is 10.4. The number of carbonyl (C=O) groups excluding carboxylic acids is 4. The number of fused-ring (bicyclic) bond motifs is 5. The first-order valence-corrected chi connectivity index (χ1v) is 21.4. The summed E-state index contributed by atoms with van der Waals surface area (Å²) in [5.41, 5.74) is 0.301. The summed E-state index contributed by atoms with van der Waals surface area (Å²) in [7, 11) is -3.93. The molecule has 1 spiro atoms. The number of Topliss-reactive ketones (excluding diaryl/α,β-unsaturated/α-hetero) is 1. The Morgan fingerprint density at radius 1 is 1.13 bits per heavy atom. The van der Waals surface area contributed by atoms with Gasteiger partial charge in [-0.15, -0.1) is 0 Å². The summed E-state index contributed by atoms with van der Waals surface area (Å²) < 4.78 is 40.2. The van der Waals surface area contributed by atoms with E-state index in [0.29, 0.717) is 55.0 Å². The molecule has 3 fully saturated rings. The predicted molar refractivity (Wildman–Crippen MR) is 204 cm³/mol. The van der Waals surface area contributed by atoms with E-state index in [1.807, 2.05) is 51.1 Å². The van der Waals surface area contributed by atoms with Crippen LogP contribution in [0.15, 0.2) is 30.4 Å². The fourth-order valence-electron chi connectivity index (χ4n) is 8.66. The number of rotatable bonds is 7. The largest absolute Gasteiger partial charge is 0.483 e. The third kappa shape index (κ3) is 7.53. The Morgan fingerprint density at radius 3 is 2.65 bits per heavy atom. The average molecular weight is 782 g/mol. The molecule has 11 nitrogen and oxygen atoms in total. The summed E-state index contributed by atoms with van der Waals surface area (Å²) in [6, 6.07) is 4.66. The van der Waals surface area contributed by atoms with Crippen molar-refractivity contribution < 1.29 is 37.1 Å². The summed E-state index contributed by atoms with van der Waals surface area (Å²) >= 11 is 6.29. The van der Waals surface area contributed by atoms with Crippen molar-refractivity contribution in [2.75, 3.05) is 13.2 Å². The van der Waals surface area contributed by atoms with Crippen molar-refractivity contribution in [2.45, 2.75) is 128 Å². The molecule has 2 amide bonds. The average Bonchev–Trinajstić information content (AvgIpc) is 4.01. The molecule has 3 aliphatic heterocycles. The Labute approximate surface area is 323 Å². The number of sulfonamides is 1. The standard InChI is InChI=1S/C41H52ClN3O8S/c1-25(2)23-52-35(47)18-27-10-8-6-5-7-9-11-28-20-41(28,38(49)44-54(50,51)39(4)16-17-39)22-34(46)33-21-40(24-45(33)37(27)48)15-14-31-30-13-12-29(42)19-32(30)43-26(3)36(31)53-40/h9,11-13,19,25,27-28,33H,5-8,10,14-18,20-24H2,1-4H3,(H,44,49)/b11-9-/t27-,28-,33+,40-,41?/m1/s1. The number of aromatic nitrogens is 1. The van der Waals surface area contributed by atoms with Crippen LogP contribution in [0.5, 0.6) is 5.75 Å². The third-order valence-corrected chi connectivity index (χ3v) is 14.8. The predicted octanol–water partition coefficient (Wildman–Crippen LogP) is 6.55. The topological polar surface area (TPSA) is 149 Å². The number of halogens is 1. The van der Waals surface area contributed by atoms with Gasteiger partial charge in [-0.1, -0.05) is 56.5 Å². The molecular formula is C41H52ClN3O8S. The highest BCUT2D eigenvalue weighted by molar-refractivity contribution is 7.91. The van der Waals surface area contributed by atoms with Crippen LogP contribution >= 0.6 is 11.6 Å². The van der Waals surface area contributed by atoms with Gasteiger partial charge in [0.05, 0.1) is 47.0 Å². The number of carbonyl (C=O) groups is 4. The molecule has 5 aliphatic rings. The minimum atomic E-state index is -3.93. The second-order valence-electron chi connectivity index (χ2n) is 17.2. The molecule has 2 aromatic rings. The molecule has 0 bridgehead atoms. The van der Waals surface area contributed by atoms with E-state index in [0.717, 1.165) is 42.1 Å². The first-order chi connectivity index (χ1) is 25.6. The fourth-order valence-corrected chi connectivity index (χ4v) is 10.2. The van der Waals surface area contributed by atoms with Gasteiger partial charge in [0.15, 0.2) is 5.78 Å². The van der Waals surface area contributed by atoms with Crippen LogP contribution in [0, 0.1) is 30.1 Å². The number of hydrogen-bond acceptors (Lipinski definition) is 9. The first-order valence-electron chi connectivity index (χ1n) is 19.6. The zero-order valence-electron chi connectivity index (χ0n) is 31.7. The number of ether oxygens (including phenoxy) is 2. The second kappa shape index (κ2) is 14.5. The van der Waals surface area contributed by atoms with Crippen LogP contribution in [-0.4, -0.2) is 71.4 Å². The van der Waals surface area contributed by atoms with E-state index < -0.39 is 49.6 Å². The lowest BCUT2D eigenvalue weighted by molar-refractivity contribution is -0.151. The number of hydrogen-bond donors (Lipinski definition) is 1. The number of aryl methyl sites for hydroxylation is 2. The van der Waals surface area contributed by atoms with Crippen molar-refractivity contribution in [3.05, 3.63) is 46.6 Å². The van der Waals surface area contributed by atoms with E-state index in [9.17, 15) is 27.6 Å². The smallest absolute Gasteiger partial charge is 0.306 e. The number of benzene rings is 1. The van der Waals surface area contributed by atoms with Gasteiger partial charge >= 0.3 is 5.97 Å². The Hall–Kier alpha value is -3.51. The van der Waals surface area contributed by atoms with Gasteiger partial charge in [0, 0.05) is 34.7 Å². The van der Waals surface area contributed by atoms with Crippen LogP contribution in [0.4, 0.5) is 0 Å². The van der Waals surface area contributed by atoms with Crippen LogP contribution in [-0.2, 0) is 40.4 Å². The molecule has 1 aromatic heterocycles. The van der Waals surface area contributed by atoms with Crippen LogP contribution in [0.1, 0.15) is 109 Å². The Morgan fingerprint density at radius 2 is 1.91 bits per heavy atom. The van der Waals surface area contributed by atoms with Gasteiger partial charge in [0.25, 0.3) is 0 Å².